The van der Waals surface area contributed by atoms with E-state index in [2.05, 4.69) is 41.8 Å². The first kappa shape index (κ1) is 16.6. The highest BCUT2D eigenvalue weighted by molar-refractivity contribution is 7.11. The molecule has 0 spiro atoms. The van der Waals surface area contributed by atoms with Crippen LogP contribution in [-0.2, 0) is 0 Å². The molecule has 3 heterocycles. The van der Waals surface area contributed by atoms with Gasteiger partial charge in [-0.1, -0.05) is 19.4 Å². The van der Waals surface area contributed by atoms with Gasteiger partial charge in [0.05, 0.1) is 12.1 Å². The zero-order valence-electron chi connectivity index (χ0n) is 14.4. The normalized spacial score (nSPS) is 27.1. The van der Waals surface area contributed by atoms with Gasteiger partial charge in [0, 0.05) is 22.7 Å². The highest BCUT2D eigenvalue weighted by Gasteiger charge is 2.37. The molecule has 1 aromatic heterocycles. The Hall–Kier alpha value is -1.83. The molecule has 130 valence electrons. The smallest absolute Gasteiger partial charge is 0.423 e. The van der Waals surface area contributed by atoms with Crippen molar-refractivity contribution in [2.75, 3.05) is 0 Å². The highest BCUT2D eigenvalue weighted by atomic mass is 32.1. The van der Waals surface area contributed by atoms with Crippen molar-refractivity contribution < 1.29 is 10.0 Å². The molecule has 0 saturated carbocycles. The Morgan fingerprint density at radius 1 is 1.36 bits per heavy atom. The van der Waals surface area contributed by atoms with Crippen LogP contribution in [0.4, 0.5) is 0 Å². The van der Waals surface area contributed by atoms with Crippen molar-refractivity contribution in [2.24, 2.45) is 11.0 Å². The van der Waals surface area contributed by atoms with Gasteiger partial charge >= 0.3 is 7.12 Å². The molecule has 3 atom stereocenters. The van der Waals surface area contributed by atoms with Crippen LogP contribution in [0.5, 0.6) is 0 Å². The fraction of sp³-hybridized carbons (Fsp3) is 0.389. The van der Waals surface area contributed by atoms with Crippen molar-refractivity contribution in [3.63, 3.8) is 0 Å². The van der Waals surface area contributed by atoms with Crippen molar-refractivity contribution in [1.82, 2.24) is 10.7 Å². The molecule has 4 rings (SSSR count). The minimum absolute atomic E-state index is 0.0868. The molecule has 0 fully saturated rings. The Kier molecular flexibility index (Phi) is 4.31. The van der Waals surface area contributed by atoms with Gasteiger partial charge in [0.2, 0.25) is 0 Å². The second-order valence-corrected chi connectivity index (χ2v) is 7.72. The maximum atomic E-state index is 9.43. The Balaban J connectivity index is 1.75. The van der Waals surface area contributed by atoms with Crippen molar-refractivity contribution in [3.05, 3.63) is 50.9 Å². The second kappa shape index (κ2) is 6.48. The monoisotopic (exact) mass is 355 g/mol. The summed E-state index contributed by atoms with van der Waals surface area (Å²) >= 11 is 1.57. The Morgan fingerprint density at radius 3 is 2.92 bits per heavy atom. The molecule has 0 aromatic carbocycles. The summed E-state index contributed by atoms with van der Waals surface area (Å²) in [6.45, 7) is 4.41. The van der Waals surface area contributed by atoms with E-state index in [-0.39, 0.29) is 18.0 Å². The topological polar surface area (TPSA) is 76.9 Å². The van der Waals surface area contributed by atoms with Crippen LogP contribution in [-0.4, -0.2) is 29.4 Å². The van der Waals surface area contributed by atoms with Gasteiger partial charge in [-0.15, -0.1) is 11.3 Å². The number of hydrazone groups is 1. The summed E-state index contributed by atoms with van der Waals surface area (Å²) in [5.41, 5.74) is 8.93. The van der Waals surface area contributed by atoms with Crippen LogP contribution < -0.4 is 16.2 Å². The molecule has 1 aromatic rings. The van der Waals surface area contributed by atoms with E-state index in [1.54, 1.807) is 11.3 Å². The third kappa shape index (κ3) is 2.76. The van der Waals surface area contributed by atoms with Crippen LogP contribution in [0.1, 0.15) is 37.6 Å². The van der Waals surface area contributed by atoms with E-state index in [0.717, 1.165) is 23.4 Å². The van der Waals surface area contributed by atoms with E-state index in [1.165, 1.54) is 16.7 Å². The highest BCUT2D eigenvalue weighted by Crippen LogP contribution is 2.42. The molecule has 3 aliphatic rings. The third-order valence-electron chi connectivity index (χ3n) is 5.22. The number of hydrogen-bond donors (Lipinski definition) is 4. The molecule has 7 heteroatoms. The molecule has 2 aliphatic heterocycles. The lowest BCUT2D eigenvalue weighted by Gasteiger charge is -2.36. The summed E-state index contributed by atoms with van der Waals surface area (Å²) in [5.74, 6) is 0.276. The van der Waals surface area contributed by atoms with Crippen LogP contribution in [0.3, 0.4) is 0 Å². The van der Waals surface area contributed by atoms with E-state index in [1.807, 2.05) is 17.7 Å². The molecule has 25 heavy (non-hydrogen) atoms. The van der Waals surface area contributed by atoms with Crippen molar-refractivity contribution >= 4 is 30.1 Å². The summed E-state index contributed by atoms with van der Waals surface area (Å²) in [4.78, 5) is 1.12. The van der Waals surface area contributed by atoms with Gasteiger partial charge in [-0.3, -0.25) is 0 Å². The molecule has 1 aliphatic carbocycles. The predicted molar refractivity (Wildman–Crippen MR) is 103 cm³/mol. The Morgan fingerprint density at radius 2 is 2.20 bits per heavy atom. The number of nitrogens with one attached hydrogen (secondary N) is 2. The van der Waals surface area contributed by atoms with Gasteiger partial charge < -0.3 is 20.8 Å². The number of fused-ring (bicyclic) bond motifs is 2. The molecule has 0 bridgehead atoms. The van der Waals surface area contributed by atoms with E-state index in [4.69, 9.17) is 0 Å². The van der Waals surface area contributed by atoms with Crippen LogP contribution in [0.25, 0.3) is 0 Å². The lowest BCUT2D eigenvalue weighted by Crippen LogP contribution is -2.37. The predicted octanol–water partition coefficient (Wildman–Crippen LogP) is 1.59. The lowest BCUT2D eigenvalue weighted by molar-refractivity contribution is 0.426. The average Bonchev–Trinajstić information content (AvgIpc) is 3.25. The molecule has 0 saturated heterocycles. The zero-order chi connectivity index (χ0) is 17.6. The molecule has 0 radical (unpaired) electrons. The zero-order valence-corrected chi connectivity index (χ0v) is 15.2. The van der Waals surface area contributed by atoms with Crippen molar-refractivity contribution in [2.45, 2.75) is 38.8 Å². The summed E-state index contributed by atoms with van der Waals surface area (Å²) in [6, 6.07) is 2.23. The number of nitrogens with zero attached hydrogens (tertiary/aromatic N) is 1. The summed E-state index contributed by atoms with van der Waals surface area (Å²) < 4.78 is 0. The maximum Gasteiger partial charge on any atom is 0.489 e. The minimum Gasteiger partial charge on any atom is -0.423 e. The van der Waals surface area contributed by atoms with Gasteiger partial charge in [0.15, 0.2) is 0 Å². The van der Waals surface area contributed by atoms with E-state index < -0.39 is 7.12 Å². The third-order valence-corrected chi connectivity index (χ3v) is 6.23. The average molecular weight is 355 g/mol. The molecule has 0 amide bonds. The largest absolute Gasteiger partial charge is 0.489 e. The van der Waals surface area contributed by atoms with E-state index in [9.17, 15) is 10.0 Å². The van der Waals surface area contributed by atoms with Gasteiger partial charge in [-0.25, -0.2) is 0 Å². The number of allylic oxidation sites excluding steroid dienone is 2. The van der Waals surface area contributed by atoms with Crippen LogP contribution in [0.15, 0.2) is 51.1 Å². The lowest BCUT2D eigenvalue weighted by atomic mass is 9.77. The first-order valence-electron chi connectivity index (χ1n) is 8.72. The number of rotatable bonds is 4. The van der Waals surface area contributed by atoms with E-state index >= 15 is 0 Å². The summed E-state index contributed by atoms with van der Waals surface area (Å²) in [7, 11) is -1.42. The first-order chi connectivity index (χ1) is 12.1. The van der Waals surface area contributed by atoms with Gasteiger partial charge in [0.1, 0.15) is 0 Å². The maximum absolute atomic E-state index is 9.43. The SMILES string of the molecule is CCCC1=C(C)C2=C(C=CC3NN=CC23)NC1c1cc(B(O)O)cs1. The Labute approximate surface area is 152 Å². The van der Waals surface area contributed by atoms with E-state index in [0.29, 0.717) is 5.46 Å². The molecular formula is C18H22BN3O2S. The van der Waals surface area contributed by atoms with Gasteiger partial charge in [-0.05, 0) is 53.0 Å². The molecular weight excluding hydrogens is 333 g/mol. The van der Waals surface area contributed by atoms with Crippen LogP contribution in [0, 0.1) is 5.92 Å². The van der Waals surface area contributed by atoms with Crippen LogP contribution >= 0.6 is 11.3 Å². The fourth-order valence-electron chi connectivity index (χ4n) is 3.98. The van der Waals surface area contributed by atoms with Crippen molar-refractivity contribution in [1.29, 1.82) is 0 Å². The molecule has 5 nitrogen and oxygen atoms in total. The first-order valence-corrected chi connectivity index (χ1v) is 9.60. The van der Waals surface area contributed by atoms with Gasteiger partial charge in [-0.2, -0.15) is 5.10 Å². The van der Waals surface area contributed by atoms with Gasteiger partial charge in [0.25, 0.3) is 0 Å². The standard InChI is InChI=1S/C18H22BN3O2S/c1-3-4-12-10(2)17-13-8-20-22-14(13)5-6-15(17)21-18(12)16-7-11(9-25-16)19(23)24/h5-9,13-14,18,21-24H,3-4H2,1-2H3. The van der Waals surface area contributed by atoms with Crippen LogP contribution in [0.2, 0.25) is 0 Å². The fourth-order valence-corrected chi connectivity index (χ4v) is 4.98. The number of thiophene rings is 1. The summed E-state index contributed by atoms with van der Waals surface area (Å²) in [5, 5.41) is 28.6. The number of hydrogen-bond acceptors (Lipinski definition) is 6. The quantitative estimate of drug-likeness (QED) is 0.619. The van der Waals surface area contributed by atoms with Crippen molar-refractivity contribution in [3.8, 4) is 0 Å². The summed E-state index contributed by atoms with van der Waals surface area (Å²) in [6.07, 6.45) is 8.40. The number of dihydropyridines is 1. The molecule has 3 unspecified atom stereocenters. The second-order valence-electron chi connectivity index (χ2n) is 6.78. The minimum atomic E-state index is -1.42. The molecule has 4 N–H and O–H groups in total. The Bertz CT molecular complexity index is 809.